The van der Waals surface area contributed by atoms with Crippen LogP contribution in [0.25, 0.3) is 0 Å². The summed E-state index contributed by atoms with van der Waals surface area (Å²) >= 11 is 1.51. The molecule has 1 aromatic rings. The van der Waals surface area contributed by atoms with Gasteiger partial charge in [-0.2, -0.15) is 4.37 Å². The van der Waals surface area contributed by atoms with Crippen LogP contribution in [0.4, 0.5) is 5.13 Å². The van der Waals surface area contributed by atoms with Crippen LogP contribution in [0.2, 0.25) is 0 Å². The van der Waals surface area contributed by atoms with Crippen molar-refractivity contribution in [3.8, 4) is 0 Å². The second-order valence-electron chi connectivity index (χ2n) is 6.57. The number of nitrogens with zero attached hydrogens (tertiary/aromatic N) is 5. The van der Waals surface area contributed by atoms with Gasteiger partial charge in [0.25, 0.3) is 0 Å². The number of guanidine groups is 1. The van der Waals surface area contributed by atoms with E-state index < -0.39 is 0 Å². The molecule has 26 heavy (non-hydrogen) atoms. The zero-order valence-corrected chi connectivity index (χ0v) is 19.0. The summed E-state index contributed by atoms with van der Waals surface area (Å²) in [5.41, 5.74) is 0. The normalized spacial score (nSPS) is 18.0. The van der Waals surface area contributed by atoms with Crippen LogP contribution in [0.15, 0.2) is 4.99 Å². The monoisotopic (exact) mass is 494 g/mol. The Kier molecular flexibility index (Phi) is 9.34. The van der Waals surface area contributed by atoms with Crippen molar-refractivity contribution in [1.29, 1.82) is 0 Å². The molecule has 0 spiro atoms. The van der Waals surface area contributed by atoms with Crippen molar-refractivity contribution in [1.82, 2.24) is 19.6 Å². The van der Waals surface area contributed by atoms with E-state index >= 15 is 0 Å². The maximum absolute atomic E-state index is 5.69. The van der Waals surface area contributed by atoms with Crippen LogP contribution in [-0.4, -0.2) is 72.7 Å². The summed E-state index contributed by atoms with van der Waals surface area (Å²) in [5.74, 6) is 2.77. The molecule has 148 valence electrons. The van der Waals surface area contributed by atoms with Crippen LogP contribution in [0.3, 0.4) is 0 Å². The summed E-state index contributed by atoms with van der Waals surface area (Å²) in [4.78, 5) is 14.0. The fourth-order valence-electron chi connectivity index (χ4n) is 2.80. The van der Waals surface area contributed by atoms with E-state index in [0.717, 1.165) is 81.7 Å². The quantitative estimate of drug-likeness (QED) is 0.259. The van der Waals surface area contributed by atoms with Crippen LogP contribution < -0.4 is 10.2 Å². The second kappa shape index (κ2) is 11.2. The van der Waals surface area contributed by atoms with Gasteiger partial charge in [0.1, 0.15) is 5.82 Å². The number of hydrogen-bond donors (Lipinski definition) is 1. The van der Waals surface area contributed by atoms with Gasteiger partial charge in [-0.3, -0.25) is 4.99 Å². The van der Waals surface area contributed by atoms with E-state index in [9.17, 15) is 0 Å². The summed E-state index contributed by atoms with van der Waals surface area (Å²) in [6, 6.07) is 0. The number of hydrogen-bond acceptors (Lipinski definition) is 6. The van der Waals surface area contributed by atoms with Crippen LogP contribution >= 0.6 is 35.5 Å². The van der Waals surface area contributed by atoms with Crippen LogP contribution in [0, 0.1) is 5.92 Å². The Morgan fingerprint density at radius 2 is 2.04 bits per heavy atom. The van der Waals surface area contributed by atoms with Gasteiger partial charge in [0.2, 0.25) is 5.13 Å². The first kappa shape index (κ1) is 21.6. The van der Waals surface area contributed by atoms with Crippen molar-refractivity contribution in [3.05, 3.63) is 5.82 Å². The molecular formula is C17H31IN6OS. The molecule has 0 bridgehead atoms. The first-order valence-electron chi connectivity index (χ1n) is 9.48. The van der Waals surface area contributed by atoms with Crippen LogP contribution in [0.1, 0.15) is 32.5 Å². The zero-order chi connectivity index (χ0) is 17.5. The van der Waals surface area contributed by atoms with Crippen molar-refractivity contribution in [2.75, 3.05) is 57.4 Å². The molecule has 1 aliphatic carbocycles. The van der Waals surface area contributed by atoms with E-state index in [1.807, 2.05) is 0 Å². The molecule has 2 aliphatic rings. The van der Waals surface area contributed by atoms with Crippen molar-refractivity contribution in [2.45, 2.75) is 33.1 Å². The topological polar surface area (TPSA) is 65.9 Å². The lowest BCUT2D eigenvalue weighted by Crippen LogP contribution is -2.52. The number of piperazine rings is 1. The summed E-state index contributed by atoms with van der Waals surface area (Å²) in [6.45, 7) is 11.3. The lowest BCUT2D eigenvalue weighted by Gasteiger charge is -2.36. The highest BCUT2D eigenvalue weighted by atomic mass is 127. The zero-order valence-electron chi connectivity index (χ0n) is 15.8. The number of halogens is 1. The summed E-state index contributed by atoms with van der Waals surface area (Å²) in [5, 5.41) is 4.46. The van der Waals surface area contributed by atoms with Gasteiger partial charge >= 0.3 is 0 Å². The number of aliphatic imine (C=N–C) groups is 1. The summed E-state index contributed by atoms with van der Waals surface area (Å²) in [6.07, 6.45) is 3.58. The molecule has 1 N–H and O–H groups in total. The number of aryl methyl sites for hydroxylation is 1. The Balaban J connectivity index is 0.00000243. The average Bonchev–Trinajstić information content (AvgIpc) is 3.34. The third kappa shape index (κ3) is 6.49. The number of anilines is 1. The molecule has 3 rings (SSSR count). The predicted molar refractivity (Wildman–Crippen MR) is 118 cm³/mol. The van der Waals surface area contributed by atoms with E-state index in [-0.39, 0.29) is 24.0 Å². The molecule has 1 aromatic heterocycles. The van der Waals surface area contributed by atoms with E-state index in [0.29, 0.717) is 0 Å². The maximum atomic E-state index is 5.69. The molecule has 0 radical (unpaired) electrons. The molecule has 9 heteroatoms. The molecule has 0 amide bonds. The Morgan fingerprint density at radius 3 is 2.65 bits per heavy atom. The fourth-order valence-corrected chi connectivity index (χ4v) is 3.60. The standard InChI is InChI=1S/C17H30N6OS.HI/c1-3-15-20-17(25-21-15)23-10-8-22(9-11-23)16(18-4-2)19-7-12-24-13-14-5-6-14;/h14H,3-13H2,1-2H3,(H,18,19);1H. The van der Waals surface area contributed by atoms with E-state index in [1.165, 1.54) is 24.4 Å². The van der Waals surface area contributed by atoms with Gasteiger partial charge < -0.3 is 19.9 Å². The molecule has 1 saturated heterocycles. The lowest BCUT2D eigenvalue weighted by atomic mass is 10.3. The Labute approximate surface area is 177 Å². The third-order valence-corrected chi connectivity index (χ3v) is 5.32. The van der Waals surface area contributed by atoms with E-state index in [2.05, 4.69) is 38.3 Å². The smallest absolute Gasteiger partial charge is 0.205 e. The highest BCUT2D eigenvalue weighted by Crippen LogP contribution is 2.28. The SMILES string of the molecule is CCNC(=NCCOCC1CC1)N1CCN(c2nc(CC)ns2)CC1.I. The minimum Gasteiger partial charge on any atom is -0.379 e. The molecule has 0 aromatic carbocycles. The molecule has 2 heterocycles. The van der Waals surface area contributed by atoms with Gasteiger partial charge in [0.05, 0.1) is 13.2 Å². The highest BCUT2D eigenvalue weighted by Gasteiger charge is 2.22. The third-order valence-electron chi connectivity index (χ3n) is 4.51. The minimum atomic E-state index is 0. The summed E-state index contributed by atoms with van der Waals surface area (Å²) in [7, 11) is 0. The first-order valence-corrected chi connectivity index (χ1v) is 10.3. The van der Waals surface area contributed by atoms with Crippen molar-refractivity contribution >= 4 is 46.6 Å². The fraction of sp³-hybridized carbons (Fsp3) is 0.824. The Morgan fingerprint density at radius 1 is 1.27 bits per heavy atom. The summed E-state index contributed by atoms with van der Waals surface area (Å²) < 4.78 is 10.1. The van der Waals surface area contributed by atoms with Crippen LogP contribution in [-0.2, 0) is 11.2 Å². The van der Waals surface area contributed by atoms with E-state index in [1.54, 1.807) is 0 Å². The van der Waals surface area contributed by atoms with Crippen LogP contribution in [0.5, 0.6) is 0 Å². The minimum absolute atomic E-state index is 0. The Bertz CT molecular complexity index is 557. The van der Waals surface area contributed by atoms with Crippen molar-refractivity contribution < 1.29 is 4.74 Å². The van der Waals surface area contributed by atoms with Crippen molar-refractivity contribution in [2.24, 2.45) is 10.9 Å². The van der Waals surface area contributed by atoms with Gasteiger partial charge in [0.15, 0.2) is 5.96 Å². The van der Waals surface area contributed by atoms with Gasteiger partial charge in [-0.05, 0) is 25.7 Å². The van der Waals surface area contributed by atoms with Gasteiger partial charge in [0, 0.05) is 57.3 Å². The molecule has 1 saturated carbocycles. The molecule has 2 fully saturated rings. The average molecular weight is 494 g/mol. The molecule has 7 nitrogen and oxygen atoms in total. The Hall–Kier alpha value is -0.680. The number of aromatic nitrogens is 2. The second-order valence-corrected chi connectivity index (χ2v) is 7.31. The molecule has 0 unspecified atom stereocenters. The maximum Gasteiger partial charge on any atom is 0.205 e. The molecule has 1 aliphatic heterocycles. The molecule has 0 atom stereocenters. The van der Waals surface area contributed by atoms with Gasteiger partial charge in [-0.15, -0.1) is 24.0 Å². The predicted octanol–water partition coefficient (Wildman–Crippen LogP) is 2.23. The number of nitrogens with one attached hydrogen (secondary N) is 1. The molecular weight excluding hydrogens is 463 g/mol. The highest BCUT2D eigenvalue weighted by molar-refractivity contribution is 14.0. The number of ether oxygens (including phenoxy) is 1. The van der Waals surface area contributed by atoms with E-state index in [4.69, 9.17) is 9.73 Å². The van der Waals surface area contributed by atoms with Crippen molar-refractivity contribution in [3.63, 3.8) is 0 Å². The number of rotatable bonds is 8. The van der Waals surface area contributed by atoms with Gasteiger partial charge in [-0.25, -0.2) is 4.98 Å². The van der Waals surface area contributed by atoms with Gasteiger partial charge in [-0.1, -0.05) is 6.92 Å². The largest absolute Gasteiger partial charge is 0.379 e. The first-order chi connectivity index (χ1) is 12.3. The lowest BCUT2D eigenvalue weighted by molar-refractivity contribution is 0.131.